The molecule has 0 aliphatic carbocycles. The van der Waals surface area contributed by atoms with Crippen molar-refractivity contribution in [3.05, 3.63) is 29.8 Å². The normalized spacial score (nSPS) is 20.8. The van der Waals surface area contributed by atoms with E-state index >= 15 is 0 Å². The number of nitrogens with one attached hydrogen (secondary N) is 2. The van der Waals surface area contributed by atoms with E-state index in [-0.39, 0.29) is 42.9 Å². The third-order valence-electron chi connectivity index (χ3n) is 3.81. The van der Waals surface area contributed by atoms with Gasteiger partial charge in [-0.05, 0) is 44.4 Å². The van der Waals surface area contributed by atoms with Gasteiger partial charge < -0.3 is 15.4 Å². The molecule has 1 fully saturated rings. The molecule has 2 rings (SSSR count). The Labute approximate surface area is 145 Å². The highest BCUT2D eigenvalue weighted by atomic mass is 35.5. The Morgan fingerprint density at radius 1 is 1.38 bits per heavy atom. The number of ether oxygens (including phenoxy) is 1. The standard InChI is InChI=1S/C16H21F3N2O2.ClH/c1-11-10-13(8-9-20-11)21-15(22)7-6-12-4-2-3-5-14(12)23-16(17,18)19;/h2-5,11,13,20H,6-10H2,1H3,(H,21,22);1H. The molecule has 2 unspecified atom stereocenters. The van der Waals surface area contributed by atoms with E-state index < -0.39 is 6.36 Å². The Morgan fingerprint density at radius 3 is 2.75 bits per heavy atom. The number of benzene rings is 1. The first-order valence-corrected chi connectivity index (χ1v) is 7.70. The number of aryl methyl sites for hydroxylation is 1. The number of hydrogen-bond donors (Lipinski definition) is 2. The molecule has 0 radical (unpaired) electrons. The summed E-state index contributed by atoms with van der Waals surface area (Å²) in [7, 11) is 0. The van der Waals surface area contributed by atoms with Crippen LogP contribution in [-0.2, 0) is 11.2 Å². The van der Waals surface area contributed by atoms with Crippen molar-refractivity contribution < 1.29 is 22.7 Å². The molecule has 2 N–H and O–H groups in total. The van der Waals surface area contributed by atoms with E-state index in [1.54, 1.807) is 12.1 Å². The molecule has 0 aromatic heterocycles. The molecule has 8 heteroatoms. The third-order valence-corrected chi connectivity index (χ3v) is 3.81. The van der Waals surface area contributed by atoms with E-state index in [0.717, 1.165) is 19.4 Å². The lowest BCUT2D eigenvalue weighted by Crippen LogP contribution is -2.46. The van der Waals surface area contributed by atoms with Crippen molar-refractivity contribution in [3.63, 3.8) is 0 Å². The zero-order valence-electron chi connectivity index (χ0n) is 13.4. The number of halogens is 4. The van der Waals surface area contributed by atoms with Gasteiger partial charge in [-0.25, -0.2) is 0 Å². The Kier molecular flexibility index (Phi) is 7.83. The first kappa shape index (κ1) is 20.6. The monoisotopic (exact) mass is 366 g/mol. The molecular formula is C16H22ClF3N2O2. The molecule has 1 heterocycles. The Hall–Kier alpha value is -1.47. The van der Waals surface area contributed by atoms with Crippen LogP contribution in [-0.4, -0.2) is 30.9 Å². The van der Waals surface area contributed by atoms with Crippen LogP contribution in [0.3, 0.4) is 0 Å². The van der Waals surface area contributed by atoms with Crippen molar-refractivity contribution in [3.8, 4) is 5.75 Å². The van der Waals surface area contributed by atoms with Crippen molar-refractivity contribution in [2.75, 3.05) is 6.54 Å². The van der Waals surface area contributed by atoms with Crippen molar-refractivity contribution >= 4 is 18.3 Å². The predicted octanol–water partition coefficient (Wildman–Crippen LogP) is 3.20. The van der Waals surface area contributed by atoms with E-state index in [0.29, 0.717) is 11.6 Å². The first-order chi connectivity index (χ1) is 10.8. The van der Waals surface area contributed by atoms with Crippen LogP contribution in [0.2, 0.25) is 0 Å². The Morgan fingerprint density at radius 2 is 2.08 bits per heavy atom. The van der Waals surface area contributed by atoms with E-state index in [4.69, 9.17) is 0 Å². The summed E-state index contributed by atoms with van der Waals surface area (Å²) in [5.74, 6) is -0.394. The lowest BCUT2D eigenvalue weighted by molar-refractivity contribution is -0.274. The first-order valence-electron chi connectivity index (χ1n) is 7.70. The van der Waals surface area contributed by atoms with Crippen molar-refractivity contribution in [1.82, 2.24) is 10.6 Å². The molecule has 1 saturated heterocycles. The summed E-state index contributed by atoms with van der Waals surface area (Å²) in [6, 6.07) is 6.39. The van der Waals surface area contributed by atoms with Gasteiger partial charge in [0.1, 0.15) is 5.75 Å². The lowest BCUT2D eigenvalue weighted by Gasteiger charge is -2.28. The molecule has 1 aliphatic rings. The van der Waals surface area contributed by atoms with E-state index in [1.807, 2.05) is 0 Å². The molecule has 1 amide bonds. The van der Waals surface area contributed by atoms with E-state index in [1.165, 1.54) is 12.1 Å². The summed E-state index contributed by atoms with van der Waals surface area (Å²) in [6.45, 7) is 2.91. The maximum Gasteiger partial charge on any atom is 0.573 e. The van der Waals surface area contributed by atoms with Gasteiger partial charge in [-0.2, -0.15) is 0 Å². The summed E-state index contributed by atoms with van der Waals surface area (Å²) >= 11 is 0. The Bertz CT molecular complexity index is 540. The average molecular weight is 367 g/mol. The number of rotatable bonds is 5. The maximum atomic E-state index is 12.4. The number of para-hydroxylation sites is 1. The van der Waals surface area contributed by atoms with Crippen LogP contribution in [0.1, 0.15) is 31.7 Å². The number of amides is 1. The third kappa shape index (κ3) is 6.97. The zero-order valence-corrected chi connectivity index (χ0v) is 14.2. The summed E-state index contributed by atoms with van der Waals surface area (Å²) in [5.41, 5.74) is 0.374. The fourth-order valence-electron chi connectivity index (χ4n) is 2.75. The quantitative estimate of drug-likeness (QED) is 0.841. The number of carbonyl (C=O) groups excluding carboxylic acids is 1. The summed E-state index contributed by atoms with van der Waals surface area (Å²) in [6.07, 6.45) is -2.66. The molecule has 0 saturated carbocycles. The Balaban J connectivity index is 0.00000288. The minimum atomic E-state index is -4.73. The van der Waals surface area contributed by atoms with Crippen LogP contribution in [0, 0.1) is 0 Å². The molecular weight excluding hydrogens is 345 g/mol. The lowest BCUT2D eigenvalue weighted by atomic mass is 10.00. The topological polar surface area (TPSA) is 50.4 Å². The number of hydrogen-bond acceptors (Lipinski definition) is 3. The highest BCUT2D eigenvalue weighted by molar-refractivity contribution is 5.85. The molecule has 24 heavy (non-hydrogen) atoms. The second-order valence-electron chi connectivity index (χ2n) is 5.80. The van der Waals surface area contributed by atoms with Gasteiger partial charge in [-0.3, -0.25) is 4.79 Å². The second-order valence-corrected chi connectivity index (χ2v) is 5.80. The number of piperidine rings is 1. The van der Waals surface area contributed by atoms with Gasteiger partial charge in [-0.1, -0.05) is 18.2 Å². The van der Waals surface area contributed by atoms with Crippen LogP contribution in [0.15, 0.2) is 24.3 Å². The number of alkyl halides is 3. The summed E-state index contributed by atoms with van der Waals surface area (Å²) in [4.78, 5) is 12.0. The van der Waals surface area contributed by atoms with Crippen molar-refractivity contribution in [1.29, 1.82) is 0 Å². The fraction of sp³-hybridized carbons (Fsp3) is 0.562. The van der Waals surface area contributed by atoms with Gasteiger partial charge in [0, 0.05) is 18.5 Å². The fourth-order valence-corrected chi connectivity index (χ4v) is 2.75. The van der Waals surface area contributed by atoms with Gasteiger partial charge in [-0.15, -0.1) is 25.6 Å². The maximum absolute atomic E-state index is 12.4. The van der Waals surface area contributed by atoms with Crippen LogP contribution < -0.4 is 15.4 Å². The smallest absolute Gasteiger partial charge is 0.406 e. The largest absolute Gasteiger partial charge is 0.573 e. The number of carbonyl (C=O) groups is 1. The van der Waals surface area contributed by atoms with Gasteiger partial charge in [0.25, 0.3) is 0 Å². The molecule has 1 aromatic carbocycles. The molecule has 1 aromatic rings. The van der Waals surface area contributed by atoms with Crippen LogP contribution in [0.25, 0.3) is 0 Å². The molecule has 0 spiro atoms. The minimum absolute atomic E-state index is 0. The van der Waals surface area contributed by atoms with Gasteiger partial charge in [0.2, 0.25) is 5.91 Å². The molecule has 2 atom stereocenters. The van der Waals surface area contributed by atoms with Crippen molar-refractivity contribution in [2.24, 2.45) is 0 Å². The van der Waals surface area contributed by atoms with Crippen molar-refractivity contribution in [2.45, 2.75) is 51.1 Å². The van der Waals surface area contributed by atoms with Gasteiger partial charge >= 0.3 is 6.36 Å². The summed E-state index contributed by atoms with van der Waals surface area (Å²) < 4.78 is 41.1. The zero-order chi connectivity index (χ0) is 16.9. The van der Waals surface area contributed by atoms with E-state index in [9.17, 15) is 18.0 Å². The minimum Gasteiger partial charge on any atom is -0.406 e. The molecule has 1 aliphatic heterocycles. The predicted molar refractivity (Wildman–Crippen MR) is 87.3 cm³/mol. The van der Waals surface area contributed by atoms with E-state index in [2.05, 4.69) is 22.3 Å². The molecule has 4 nitrogen and oxygen atoms in total. The van der Waals surface area contributed by atoms with Gasteiger partial charge in [0.15, 0.2) is 0 Å². The highest BCUT2D eigenvalue weighted by Gasteiger charge is 2.32. The van der Waals surface area contributed by atoms with Crippen LogP contribution in [0.4, 0.5) is 13.2 Å². The molecule has 136 valence electrons. The average Bonchev–Trinajstić information content (AvgIpc) is 2.45. The van der Waals surface area contributed by atoms with Gasteiger partial charge in [0.05, 0.1) is 0 Å². The SMILES string of the molecule is CC1CC(NC(=O)CCc2ccccc2OC(F)(F)F)CCN1.Cl. The molecule has 0 bridgehead atoms. The van der Waals surface area contributed by atoms with Crippen LogP contribution in [0.5, 0.6) is 5.75 Å². The van der Waals surface area contributed by atoms with Crippen LogP contribution >= 0.6 is 12.4 Å². The highest BCUT2D eigenvalue weighted by Crippen LogP contribution is 2.27. The second kappa shape index (κ2) is 9.13. The summed E-state index contributed by atoms with van der Waals surface area (Å²) in [5, 5.41) is 6.24.